The van der Waals surface area contributed by atoms with Gasteiger partial charge in [-0.05, 0) is 31.0 Å². The van der Waals surface area contributed by atoms with Crippen LogP contribution in [0.2, 0.25) is 0 Å². The van der Waals surface area contributed by atoms with E-state index in [4.69, 9.17) is 0 Å². The second kappa shape index (κ2) is 6.08. The largest absolute Gasteiger partial charge is 0.380 e. The summed E-state index contributed by atoms with van der Waals surface area (Å²) in [5, 5.41) is 3.06. The normalized spacial score (nSPS) is 14.5. The van der Waals surface area contributed by atoms with Crippen molar-refractivity contribution in [1.82, 2.24) is 4.98 Å². The number of aromatic nitrogens is 1. The van der Waals surface area contributed by atoms with Crippen LogP contribution in [0.15, 0.2) is 36.5 Å². The molecule has 21 heavy (non-hydrogen) atoms. The van der Waals surface area contributed by atoms with Crippen molar-refractivity contribution in [3.05, 3.63) is 53.7 Å². The third-order valence-corrected chi connectivity index (χ3v) is 3.69. The van der Waals surface area contributed by atoms with Crippen LogP contribution < -0.4 is 10.2 Å². The van der Waals surface area contributed by atoms with E-state index in [2.05, 4.69) is 15.2 Å². The van der Waals surface area contributed by atoms with E-state index in [9.17, 15) is 8.78 Å². The number of nitrogens with zero attached hydrogens (tertiary/aromatic N) is 2. The van der Waals surface area contributed by atoms with Crippen LogP contribution in [0, 0.1) is 11.6 Å². The molecule has 0 spiro atoms. The fourth-order valence-corrected chi connectivity index (χ4v) is 2.51. The van der Waals surface area contributed by atoms with Crippen LogP contribution in [-0.2, 0) is 6.54 Å². The number of anilines is 2. The average molecular weight is 289 g/mol. The maximum atomic E-state index is 13.5. The molecule has 3 nitrogen and oxygen atoms in total. The molecule has 0 aliphatic carbocycles. The summed E-state index contributed by atoms with van der Waals surface area (Å²) < 4.78 is 26.6. The van der Waals surface area contributed by atoms with Gasteiger partial charge in [0.15, 0.2) is 11.6 Å². The zero-order chi connectivity index (χ0) is 14.7. The quantitative estimate of drug-likeness (QED) is 0.932. The fraction of sp³-hybridized carbons (Fsp3) is 0.312. The van der Waals surface area contributed by atoms with Crippen molar-refractivity contribution in [3.63, 3.8) is 0 Å². The molecule has 0 radical (unpaired) electrons. The maximum absolute atomic E-state index is 13.5. The van der Waals surface area contributed by atoms with E-state index in [0.29, 0.717) is 5.56 Å². The minimum Gasteiger partial charge on any atom is -0.380 e. The predicted octanol–water partition coefficient (Wildman–Crippen LogP) is 3.57. The van der Waals surface area contributed by atoms with E-state index in [1.54, 1.807) is 12.3 Å². The summed E-state index contributed by atoms with van der Waals surface area (Å²) in [6.07, 6.45) is 4.14. The minimum atomic E-state index is -0.822. The van der Waals surface area contributed by atoms with Gasteiger partial charge in [-0.15, -0.1) is 0 Å². The third-order valence-electron chi connectivity index (χ3n) is 3.69. The van der Waals surface area contributed by atoms with Gasteiger partial charge in [0.25, 0.3) is 0 Å². The summed E-state index contributed by atoms with van der Waals surface area (Å²) in [7, 11) is 0. The van der Waals surface area contributed by atoms with E-state index in [0.717, 1.165) is 30.7 Å². The molecular formula is C16H17F2N3. The van der Waals surface area contributed by atoms with Gasteiger partial charge in [-0.2, -0.15) is 0 Å². The van der Waals surface area contributed by atoms with E-state index >= 15 is 0 Å². The Morgan fingerprint density at radius 3 is 2.62 bits per heavy atom. The third kappa shape index (κ3) is 3.12. The molecule has 1 aliphatic heterocycles. The van der Waals surface area contributed by atoms with E-state index in [-0.39, 0.29) is 6.54 Å². The number of benzene rings is 1. The summed E-state index contributed by atoms with van der Waals surface area (Å²) in [5.74, 6) is -0.654. The highest BCUT2D eigenvalue weighted by atomic mass is 19.2. The smallest absolute Gasteiger partial charge is 0.163 e. The molecule has 110 valence electrons. The second-order valence-corrected chi connectivity index (χ2v) is 5.17. The first-order chi connectivity index (χ1) is 10.2. The molecule has 0 unspecified atom stereocenters. The van der Waals surface area contributed by atoms with Gasteiger partial charge in [-0.1, -0.05) is 12.1 Å². The lowest BCUT2D eigenvalue weighted by Crippen LogP contribution is -2.18. The minimum absolute atomic E-state index is 0.230. The highest BCUT2D eigenvalue weighted by Gasteiger charge is 2.13. The van der Waals surface area contributed by atoms with Crippen LogP contribution >= 0.6 is 0 Å². The highest BCUT2D eigenvalue weighted by Crippen LogP contribution is 2.20. The molecule has 0 amide bonds. The molecule has 0 atom stereocenters. The summed E-state index contributed by atoms with van der Waals surface area (Å²) in [5.41, 5.74) is 1.10. The number of hydrogen-bond donors (Lipinski definition) is 1. The average Bonchev–Trinajstić information content (AvgIpc) is 3.04. The van der Waals surface area contributed by atoms with Gasteiger partial charge in [0.2, 0.25) is 0 Å². The number of pyridine rings is 1. The van der Waals surface area contributed by atoms with E-state index in [1.165, 1.54) is 18.9 Å². The molecule has 1 aromatic carbocycles. The molecule has 2 aromatic rings. The van der Waals surface area contributed by atoms with Gasteiger partial charge < -0.3 is 10.2 Å². The number of nitrogens with one attached hydrogen (secondary N) is 1. The highest BCUT2D eigenvalue weighted by molar-refractivity contribution is 5.49. The van der Waals surface area contributed by atoms with Crippen molar-refractivity contribution in [2.45, 2.75) is 19.4 Å². The Labute approximate surface area is 122 Å². The van der Waals surface area contributed by atoms with Crippen molar-refractivity contribution >= 4 is 11.5 Å². The predicted molar refractivity (Wildman–Crippen MR) is 79.4 cm³/mol. The summed E-state index contributed by atoms with van der Waals surface area (Å²) in [6.45, 7) is 2.33. The van der Waals surface area contributed by atoms with Gasteiger partial charge >= 0.3 is 0 Å². The van der Waals surface area contributed by atoms with Crippen molar-refractivity contribution in [1.29, 1.82) is 0 Å². The zero-order valence-electron chi connectivity index (χ0n) is 11.6. The number of hydrogen-bond acceptors (Lipinski definition) is 3. The molecule has 0 saturated carbocycles. The fourth-order valence-electron chi connectivity index (χ4n) is 2.51. The Kier molecular flexibility index (Phi) is 3.99. The maximum Gasteiger partial charge on any atom is 0.163 e. The molecule has 3 rings (SSSR count). The summed E-state index contributed by atoms with van der Waals surface area (Å²) in [6, 6.07) is 8.06. The zero-order valence-corrected chi connectivity index (χ0v) is 11.6. The Balaban J connectivity index is 1.64. The Morgan fingerprint density at radius 2 is 1.90 bits per heavy atom. The second-order valence-electron chi connectivity index (χ2n) is 5.17. The SMILES string of the molecule is Fc1cccc(CNc2ccc(N3CCCC3)nc2)c1F. The van der Waals surface area contributed by atoms with Crippen molar-refractivity contribution in [2.75, 3.05) is 23.3 Å². The standard InChI is InChI=1S/C16H17F2N3/c17-14-5-3-4-12(16(14)18)10-19-13-6-7-15(20-11-13)21-8-1-2-9-21/h3-7,11,19H,1-2,8-10H2. The lowest BCUT2D eigenvalue weighted by molar-refractivity contribution is 0.500. The van der Waals surface area contributed by atoms with Gasteiger partial charge in [0.1, 0.15) is 5.82 Å². The van der Waals surface area contributed by atoms with Gasteiger partial charge in [0, 0.05) is 25.2 Å². The molecule has 1 fully saturated rings. The van der Waals surface area contributed by atoms with Crippen molar-refractivity contribution in [3.8, 4) is 0 Å². The van der Waals surface area contributed by atoms with Gasteiger partial charge in [-0.25, -0.2) is 13.8 Å². The van der Waals surface area contributed by atoms with Gasteiger partial charge in [-0.3, -0.25) is 0 Å². The Bertz CT molecular complexity index is 607. The molecule has 5 heteroatoms. The van der Waals surface area contributed by atoms with Crippen LogP contribution in [0.5, 0.6) is 0 Å². The first-order valence-corrected chi connectivity index (χ1v) is 7.12. The van der Waals surface area contributed by atoms with Crippen LogP contribution in [0.1, 0.15) is 18.4 Å². The molecule has 1 aromatic heterocycles. The lowest BCUT2D eigenvalue weighted by atomic mass is 10.2. The number of rotatable bonds is 4. The topological polar surface area (TPSA) is 28.2 Å². The monoisotopic (exact) mass is 289 g/mol. The lowest BCUT2D eigenvalue weighted by Gasteiger charge is -2.16. The molecular weight excluding hydrogens is 272 g/mol. The first-order valence-electron chi connectivity index (χ1n) is 7.12. The molecule has 1 saturated heterocycles. The van der Waals surface area contributed by atoms with E-state index < -0.39 is 11.6 Å². The van der Waals surface area contributed by atoms with Crippen LogP contribution in [-0.4, -0.2) is 18.1 Å². The van der Waals surface area contributed by atoms with Crippen molar-refractivity contribution in [2.24, 2.45) is 0 Å². The molecule has 1 N–H and O–H groups in total. The Hall–Kier alpha value is -2.17. The summed E-state index contributed by atoms with van der Waals surface area (Å²) in [4.78, 5) is 6.65. The molecule has 2 heterocycles. The van der Waals surface area contributed by atoms with Gasteiger partial charge in [0.05, 0.1) is 11.9 Å². The Morgan fingerprint density at radius 1 is 1.10 bits per heavy atom. The number of halogens is 2. The summed E-state index contributed by atoms with van der Waals surface area (Å²) >= 11 is 0. The first kappa shape index (κ1) is 13.8. The van der Waals surface area contributed by atoms with Crippen LogP contribution in [0.4, 0.5) is 20.3 Å². The van der Waals surface area contributed by atoms with Crippen LogP contribution in [0.3, 0.4) is 0 Å². The molecule has 0 bridgehead atoms. The van der Waals surface area contributed by atoms with Crippen LogP contribution in [0.25, 0.3) is 0 Å². The van der Waals surface area contributed by atoms with Crippen molar-refractivity contribution < 1.29 is 8.78 Å². The van der Waals surface area contributed by atoms with E-state index in [1.807, 2.05) is 12.1 Å². The molecule has 1 aliphatic rings.